The first kappa shape index (κ1) is 18.0. The van der Waals surface area contributed by atoms with Crippen LogP contribution in [-0.2, 0) is 0 Å². The summed E-state index contributed by atoms with van der Waals surface area (Å²) in [5.74, 6) is 2.31. The largest absolute Gasteiger partial charge is 0.497 e. The number of benzene rings is 2. The third-order valence-corrected chi connectivity index (χ3v) is 3.82. The maximum atomic E-state index is 9.25. The molecule has 7 nitrogen and oxygen atoms in total. The Bertz CT molecular complexity index is 998. The number of hydrogen-bond donors (Lipinski definition) is 2. The molecule has 7 heteroatoms. The summed E-state index contributed by atoms with van der Waals surface area (Å²) in [6.45, 7) is 1.87. The van der Waals surface area contributed by atoms with Crippen LogP contribution in [0.5, 0.6) is 11.5 Å². The van der Waals surface area contributed by atoms with Crippen molar-refractivity contribution in [3.63, 3.8) is 0 Å². The van der Waals surface area contributed by atoms with Gasteiger partial charge >= 0.3 is 0 Å². The lowest BCUT2D eigenvalue weighted by atomic mass is 10.2. The summed E-state index contributed by atoms with van der Waals surface area (Å²) < 4.78 is 10.6. The van der Waals surface area contributed by atoms with Crippen LogP contribution in [0.15, 0.2) is 48.5 Å². The molecule has 0 unspecified atom stereocenters. The van der Waals surface area contributed by atoms with Crippen LogP contribution in [-0.4, -0.2) is 24.2 Å². The van der Waals surface area contributed by atoms with E-state index in [-0.39, 0.29) is 0 Å². The Morgan fingerprint density at radius 3 is 2.48 bits per heavy atom. The van der Waals surface area contributed by atoms with Crippen molar-refractivity contribution in [3.05, 3.63) is 59.8 Å². The summed E-state index contributed by atoms with van der Waals surface area (Å²) in [6.07, 6.45) is 0. The predicted molar refractivity (Wildman–Crippen MR) is 104 cm³/mol. The van der Waals surface area contributed by atoms with Gasteiger partial charge in [-0.2, -0.15) is 10.2 Å². The summed E-state index contributed by atoms with van der Waals surface area (Å²) >= 11 is 0. The average molecular weight is 361 g/mol. The molecule has 0 aliphatic rings. The molecule has 2 N–H and O–H groups in total. The fraction of sp³-hybridized carbons (Fsp3) is 0.150. The number of para-hydroxylation sites is 1. The third-order valence-electron chi connectivity index (χ3n) is 3.82. The van der Waals surface area contributed by atoms with Crippen LogP contribution < -0.4 is 20.1 Å². The number of aryl methyl sites for hydroxylation is 1. The number of rotatable bonds is 6. The lowest BCUT2D eigenvalue weighted by Crippen LogP contribution is -2.04. The molecule has 0 aliphatic carbocycles. The molecular formula is C20H19N5O2. The van der Waals surface area contributed by atoms with E-state index < -0.39 is 0 Å². The van der Waals surface area contributed by atoms with Crippen molar-refractivity contribution in [3.8, 4) is 17.6 Å². The molecule has 3 aromatic rings. The second kappa shape index (κ2) is 8.06. The van der Waals surface area contributed by atoms with Gasteiger partial charge in [0.15, 0.2) is 0 Å². The molecule has 0 amide bonds. The van der Waals surface area contributed by atoms with E-state index >= 15 is 0 Å². The Morgan fingerprint density at radius 2 is 1.74 bits per heavy atom. The molecule has 0 radical (unpaired) electrons. The van der Waals surface area contributed by atoms with Crippen molar-refractivity contribution in [2.24, 2.45) is 0 Å². The lowest BCUT2D eigenvalue weighted by Gasteiger charge is -2.13. The smallest absolute Gasteiger partial charge is 0.229 e. The van der Waals surface area contributed by atoms with E-state index in [0.29, 0.717) is 40.2 Å². The number of hydrogen-bond acceptors (Lipinski definition) is 7. The van der Waals surface area contributed by atoms with Gasteiger partial charge < -0.3 is 20.1 Å². The maximum Gasteiger partial charge on any atom is 0.229 e. The standard InChI is InChI=1S/C20H19N5O2/c1-13-10-19(23-16-7-5-4-6-14(16)12-21)25-20(22-13)24-17-11-15(26-2)8-9-18(17)27-3/h4-11H,1-3H3,(H2,22,23,24,25). The Hall–Kier alpha value is -3.79. The highest BCUT2D eigenvalue weighted by molar-refractivity contribution is 5.68. The highest BCUT2D eigenvalue weighted by Crippen LogP contribution is 2.31. The molecule has 27 heavy (non-hydrogen) atoms. The summed E-state index contributed by atoms with van der Waals surface area (Å²) in [5.41, 5.74) is 2.68. The maximum absolute atomic E-state index is 9.25. The number of nitrogens with one attached hydrogen (secondary N) is 2. The first-order valence-corrected chi connectivity index (χ1v) is 8.24. The topological polar surface area (TPSA) is 92.1 Å². The minimum atomic E-state index is 0.401. The van der Waals surface area contributed by atoms with Crippen LogP contribution in [0.2, 0.25) is 0 Å². The first-order valence-electron chi connectivity index (χ1n) is 8.24. The second-order valence-corrected chi connectivity index (χ2v) is 5.69. The second-order valence-electron chi connectivity index (χ2n) is 5.69. The van der Waals surface area contributed by atoms with Crippen LogP contribution in [0, 0.1) is 18.3 Å². The van der Waals surface area contributed by atoms with Gasteiger partial charge in [-0.1, -0.05) is 12.1 Å². The van der Waals surface area contributed by atoms with Crippen LogP contribution in [0.25, 0.3) is 0 Å². The van der Waals surface area contributed by atoms with Gasteiger partial charge in [0.1, 0.15) is 23.4 Å². The van der Waals surface area contributed by atoms with Crippen molar-refractivity contribution in [2.45, 2.75) is 6.92 Å². The van der Waals surface area contributed by atoms with Gasteiger partial charge in [0.05, 0.1) is 31.2 Å². The Kier molecular flexibility index (Phi) is 5.38. The summed E-state index contributed by atoms with van der Waals surface area (Å²) in [7, 11) is 3.19. The minimum absolute atomic E-state index is 0.401. The van der Waals surface area contributed by atoms with Crippen molar-refractivity contribution in [1.29, 1.82) is 5.26 Å². The number of nitriles is 1. The third kappa shape index (κ3) is 4.25. The summed E-state index contributed by atoms with van der Waals surface area (Å²) in [4.78, 5) is 8.91. The fourth-order valence-corrected chi connectivity index (χ4v) is 2.55. The van der Waals surface area contributed by atoms with Crippen molar-refractivity contribution in [1.82, 2.24) is 9.97 Å². The quantitative estimate of drug-likeness (QED) is 0.681. The van der Waals surface area contributed by atoms with Crippen molar-refractivity contribution >= 4 is 23.1 Å². The van der Waals surface area contributed by atoms with Gasteiger partial charge in [0.2, 0.25) is 5.95 Å². The number of ether oxygens (including phenoxy) is 2. The van der Waals surface area contributed by atoms with E-state index in [1.807, 2.05) is 43.3 Å². The molecule has 0 fully saturated rings. The molecule has 0 bridgehead atoms. The van der Waals surface area contributed by atoms with E-state index in [0.717, 1.165) is 5.69 Å². The number of nitrogens with zero attached hydrogens (tertiary/aromatic N) is 3. The van der Waals surface area contributed by atoms with Gasteiger partial charge in [0.25, 0.3) is 0 Å². The van der Waals surface area contributed by atoms with Gasteiger partial charge in [-0.25, -0.2) is 4.98 Å². The van der Waals surface area contributed by atoms with E-state index in [1.165, 1.54) is 0 Å². The van der Waals surface area contributed by atoms with Crippen LogP contribution >= 0.6 is 0 Å². The van der Waals surface area contributed by atoms with Crippen LogP contribution in [0.4, 0.5) is 23.1 Å². The van der Waals surface area contributed by atoms with E-state index in [9.17, 15) is 5.26 Å². The molecular weight excluding hydrogens is 342 g/mol. The first-order chi connectivity index (χ1) is 13.1. The van der Waals surface area contributed by atoms with Gasteiger partial charge in [0, 0.05) is 17.8 Å². The zero-order valence-corrected chi connectivity index (χ0v) is 15.3. The highest BCUT2D eigenvalue weighted by Gasteiger charge is 2.10. The molecule has 1 aromatic heterocycles. The molecule has 0 saturated carbocycles. The molecule has 3 rings (SSSR count). The molecule has 1 heterocycles. The number of anilines is 4. The Balaban J connectivity index is 1.91. The monoisotopic (exact) mass is 361 g/mol. The fourth-order valence-electron chi connectivity index (χ4n) is 2.55. The average Bonchev–Trinajstić information content (AvgIpc) is 2.68. The molecule has 136 valence electrons. The van der Waals surface area contributed by atoms with E-state index in [4.69, 9.17) is 9.47 Å². The van der Waals surface area contributed by atoms with Crippen molar-refractivity contribution in [2.75, 3.05) is 24.9 Å². The van der Waals surface area contributed by atoms with E-state index in [2.05, 4.69) is 26.7 Å². The number of aromatic nitrogens is 2. The highest BCUT2D eigenvalue weighted by atomic mass is 16.5. The normalized spacial score (nSPS) is 10.0. The molecule has 0 spiro atoms. The summed E-state index contributed by atoms with van der Waals surface area (Å²) in [5, 5.41) is 15.6. The molecule has 0 saturated heterocycles. The van der Waals surface area contributed by atoms with Gasteiger partial charge in [-0.15, -0.1) is 0 Å². The van der Waals surface area contributed by atoms with Gasteiger partial charge in [-0.3, -0.25) is 0 Å². The zero-order chi connectivity index (χ0) is 19.2. The Labute approximate surface area is 157 Å². The van der Waals surface area contributed by atoms with Crippen LogP contribution in [0.3, 0.4) is 0 Å². The summed E-state index contributed by atoms with van der Waals surface area (Å²) in [6, 6.07) is 16.6. The van der Waals surface area contributed by atoms with E-state index in [1.54, 1.807) is 26.4 Å². The molecule has 0 aliphatic heterocycles. The SMILES string of the molecule is COc1ccc(OC)c(Nc2nc(C)cc(Nc3ccccc3C#N)n2)c1. The number of methoxy groups -OCH3 is 2. The van der Waals surface area contributed by atoms with Gasteiger partial charge in [-0.05, 0) is 31.2 Å². The molecule has 2 aromatic carbocycles. The zero-order valence-electron chi connectivity index (χ0n) is 15.3. The lowest BCUT2D eigenvalue weighted by molar-refractivity contribution is 0.405. The van der Waals surface area contributed by atoms with Crippen LogP contribution in [0.1, 0.15) is 11.3 Å². The van der Waals surface area contributed by atoms with Crippen molar-refractivity contribution < 1.29 is 9.47 Å². The molecule has 0 atom stereocenters. The Morgan fingerprint density at radius 1 is 0.926 bits per heavy atom. The minimum Gasteiger partial charge on any atom is -0.497 e. The predicted octanol–water partition coefficient (Wildman–Crippen LogP) is 4.16.